The van der Waals surface area contributed by atoms with Crippen LogP contribution in [0.1, 0.15) is 19.0 Å². The maximum atomic E-state index is 6.04. The number of anilines is 1. The minimum Gasteiger partial charge on any atom is -0.491 e. The summed E-state index contributed by atoms with van der Waals surface area (Å²) in [7, 11) is 2.03. The molecule has 2 aromatic rings. The summed E-state index contributed by atoms with van der Waals surface area (Å²) in [6.07, 6.45) is 3.02. The van der Waals surface area contributed by atoms with Crippen LogP contribution in [-0.4, -0.2) is 11.2 Å². The molecule has 4 heteroatoms. The largest absolute Gasteiger partial charge is 0.491 e. The molecule has 0 atom stereocenters. The molecular weight excluding hydrogens is 260 g/mol. The monoisotopic (exact) mass is 278 g/mol. The number of hydrogen-bond acceptors (Lipinski definition) is 2. The van der Waals surface area contributed by atoms with Crippen molar-refractivity contribution in [1.82, 2.24) is 4.57 Å². The van der Waals surface area contributed by atoms with Crippen LogP contribution in [0.2, 0.25) is 5.02 Å². The number of nitrogens with zero attached hydrogens (tertiary/aromatic N) is 1. The smallest absolute Gasteiger partial charge is 0.142 e. The molecule has 0 fully saturated rings. The van der Waals surface area contributed by atoms with Crippen molar-refractivity contribution in [2.75, 3.05) is 11.9 Å². The number of ether oxygens (including phenoxy) is 1. The molecule has 3 nitrogen and oxygen atoms in total. The van der Waals surface area contributed by atoms with Crippen molar-refractivity contribution in [3.05, 3.63) is 47.2 Å². The van der Waals surface area contributed by atoms with Gasteiger partial charge in [0.25, 0.3) is 0 Å². The van der Waals surface area contributed by atoms with Crippen LogP contribution in [0.3, 0.4) is 0 Å². The average molecular weight is 279 g/mol. The predicted molar refractivity (Wildman–Crippen MR) is 80.0 cm³/mol. The molecular formula is C15H19ClN2O. The van der Waals surface area contributed by atoms with Crippen LogP contribution >= 0.6 is 11.6 Å². The van der Waals surface area contributed by atoms with Crippen LogP contribution in [0.25, 0.3) is 0 Å². The molecule has 0 saturated heterocycles. The lowest BCUT2D eigenvalue weighted by molar-refractivity contribution is 0.319. The molecule has 19 heavy (non-hydrogen) atoms. The molecule has 0 unspecified atom stereocenters. The van der Waals surface area contributed by atoms with Crippen LogP contribution in [0.15, 0.2) is 36.5 Å². The molecule has 2 rings (SSSR count). The minimum absolute atomic E-state index is 0.707. The van der Waals surface area contributed by atoms with Crippen molar-refractivity contribution in [1.29, 1.82) is 0 Å². The third-order valence-electron chi connectivity index (χ3n) is 2.91. The van der Waals surface area contributed by atoms with Gasteiger partial charge in [-0.05, 0) is 36.8 Å². The van der Waals surface area contributed by atoms with Gasteiger partial charge in [-0.3, -0.25) is 0 Å². The molecule has 0 aliphatic heterocycles. The molecule has 0 aliphatic carbocycles. The summed E-state index contributed by atoms with van der Waals surface area (Å²) in [5, 5.41) is 4.08. The Morgan fingerprint density at radius 1 is 1.32 bits per heavy atom. The fourth-order valence-corrected chi connectivity index (χ4v) is 2.02. The molecule has 0 amide bonds. The van der Waals surface area contributed by atoms with Gasteiger partial charge in [0.2, 0.25) is 0 Å². The van der Waals surface area contributed by atoms with Crippen LogP contribution in [0.5, 0.6) is 5.75 Å². The lowest BCUT2D eigenvalue weighted by atomic mass is 10.2. The topological polar surface area (TPSA) is 26.2 Å². The van der Waals surface area contributed by atoms with Gasteiger partial charge in [0.05, 0.1) is 18.8 Å². The Kier molecular flexibility index (Phi) is 4.74. The lowest BCUT2D eigenvalue weighted by Gasteiger charge is -2.13. The van der Waals surface area contributed by atoms with Crippen molar-refractivity contribution in [3.8, 4) is 5.75 Å². The van der Waals surface area contributed by atoms with Gasteiger partial charge in [0.15, 0.2) is 0 Å². The number of aryl methyl sites for hydroxylation is 1. The molecule has 0 radical (unpaired) electrons. The first-order valence-corrected chi connectivity index (χ1v) is 6.85. The maximum absolute atomic E-state index is 6.04. The summed E-state index contributed by atoms with van der Waals surface area (Å²) in [6.45, 7) is 3.54. The molecule has 0 bridgehead atoms. The van der Waals surface area contributed by atoms with Gasteiger partial charge in [0.1, 0.15) is 5.75 Å². The number of rotatable bonds is 6. The maximum Gasteiger partial charge on any atom is 0.142 e. The van der Waals surface area contributed by atoms with E-state index in [0.29, 0.717) is 11.6 Å². The van der Waals surface area contributed by atoms with Crippen molar-refractivity contribution < 1.29 is 4.74 Å². The van der Waals surface area contributed by atoms with Crippen molar-refractivity contribution in [2.45, 2.75) is 19.9 Å². The third kappa shape index (κ3) is 3.67. The summed E-state index contributed by atoms with van der Waals surface area (Å²) in [6, 6.07) is 9.77. The molecule has 0 saturated carbocycles. The highest BCUT2D eigenvalue weighted by molar-refractivity contribution is 6.30. The molecule has 0 spiro atoms. The number of benzene rings is 1. The van der Waals surface area contributed by atoms with Gasteiger partial charge in [-0.15, -0.1) is 0 Å². The minimum atomic E-state index is 0.707. The highest BCUT2D eigenvalue weighted by Gasteiger charge is 2.05. The van der Waals surface area contributed by atoms with E-state index in [4.69, 9.17) is 16.3 Å². The number of nitrogens with one attached hydrogen (secondary N) is 1. The Hall–Kier alpha value is -1.61. The molecule has 0 aliphatic rings. The fraction of sp³-hybridized carbons (Fsp3) is 0.333. The molecule has 1 aromatic carbocycles. The van der Waals surface area contributed by atoms with Gasteiger partial charge < -0.3 is 14.6 Å². The number of aromatic nitrogens is 1. The molecule has 1 aromatic heterocycles. The van der Waals surface area contributed by atoms with Gasteiger partial charge in [0, 0.05) is 24.0 Å². The van der Waals surface area contributed by atoms with Crippen molar-refractivity contribution >= 4 is 17.3 Å². The zero-order chi connectivity index (χ0) is 13.7. The Bertz CT molecular complexity index is 537. The summed E-state index contributed by atoms with van der Waals surface area (Å²) in [5.41, 5.74) is 2.14. The first kappa shape index (κ1) is 13.8. The Morgan fingerprint density at radius 3 is 2.84 bits per heavy atom. The van der Waals surface area contributed by atoms with Crippen molar-refractivity contribution in [2.24, 2.45) is 7.05 Å². The second kappa shape index (κ2) is 6.53. The number of hydrogen-bond donors (Lipinski definition) is 1. The highest BCUT2D eigenvalue weighted by Crippen LogP contribution is 2.28. The van der Waals surface area contributed by atoms with E-state index < -0.39 is 0 Å². The average Bonchev–Trinajstić information content (AvgIpc) is 2.81. The molecule has 1 heterocycles. The second-order valence-electron chi connectivity index (χ2n) is 4.45. The highest BCUT2D eigenvalue weighted by atomic mass is 35.5. The van der Waals surface area contributed by atoms with Gasteiger partial charge in [-0.2, -0.15) is 0 Å². The standard InChI is InChI=1S/C15H19ClN2O/c1-3-9-19-15-7-6-12(16)10-14(15)17-11-13-5-4-8-18(13)2/h4-8,10,17H,3,9,11H2,1-2H3. The SMILES string of the molecule is CCCOc1ccc(Cl)cc1NCc1cccn1C. The van der Waals surface area contributed by atoms with E-state index in [-0.39, 0.29) is 0 Å². The summed E-state index contributed by atoms with van der Waals surface area (Å²) < 4.78 is 7.80. The molecule has 102 valence electrons. The van der Waals surface area contributed by atoms with E-state index in [1.807, 2.05) is 37.5 Å². The Labute approximate surface area is 119 Å². The van der Waals surface area contributed by atoms with Gasteiger partial charge in [-0.1, -0.05) is 18.5 Å². The van der Waals surface area contributed by atoms with E-state index in [1.54, 1.807) is 0 Å². The van der Waals surface area contributed by atoms with Crippen LogP contribution in [0.4, 0.5) is 5.69 Å². The first-order chi connectivity index (χ1) is 9.20. The van der Waals surface area contributed by atoms with Crippen LogP contribution < -0.4 is 10.1 Å². The Morgan fingerprint density at radius 2 is 2.16 bits per heavy atom. The lowest BCUT2D eigenvalue weighted by Crippen LogP contribution is -2.06. The first-order valence-electron chi connectivity index (χ1n) is 6.47. The predicted octanol–water partition coefficient (Wildman–Crippen LogP) is 4.08. The third-order valence-corrected chi connectivity index (χ3v) is 3.15. The Balaban J connectivity index is 2.09. The van der Waals surface area contributed by atoms with Gasteiger partial charge in [-0.25, -0.2) is 0 Å². The zero-order valence-electron chi connectivity index (χ0n) is 11.3. The van der Waals surface area contributed by atoms with E-state index in [0.717, 1.165) is 24.4 Å². The van der Waals surface area contributed by atoms with Crippen molar-refractivity contribution in [3.63, 3.8) is 0 Å². The second-order valence-corrected chi connectivity index (χ2v) is 4.89. The number of halogens is 1. The zero-order valence-corrected chi connectivity index (χ0v) is 12.1. The summed E-state index contributed by atoms with van der Waals surface area (Å²) >= 11 is 6.04. The molecule has 1 N–H and O–H groups in total. The fourth-order valence-electron chi connectivity index (χ4n) is 1.84. The van der Waals surface area contributed by atoms with Gasteiger partial charge >= 0.3 is 0 Å². The summed E-state index contributed by atoms with van der Waals surface area (Å²) in [4.78, 5) is 0. The normalized spacial score (nSPS) is 10.5. The summed E-state index contributed by atoms with van der Waals surface area (Å²) in [5.74, 6) is 0.848. The van der Waals surface area contributed by atoms with Crippen LogP contribution in [-0.2, 0) is 13.6 Å². The van der Waals surface area contributed by atoms with E-state index in [2.05, 4.69) is 22.9 Å². The van der Waals surface area contributed by atoms with E-state index in [9.17, 15) is 0 Å². The van der Waals surface area contributed by atoms with E-state index in [1.165, 1.54) is 5.69 Å². The van der Waals surface area contributed by atoms with E-state index >= 15 is 0 Å². The van der Waals surface area contributed by atoms with Crippen LogP contribution in [0, 0.1) is 0 Å². The quantitative estimate of drug-likeness (QED) is 0.862.